The Balaban J connectivity index is 1.73. The van der Waals surface area contributed by atoms with E-state index in [1.54, 1.807) is 10.9 Å². The van der Waals surface area contributed by atoms with Gasteiger partial charge in [-0.1, -0.05) is 6.42 Å². The number of hydrogen-bond acceptors (Lipinski definition) is 4. The molecule has 21 heavy (non-hydrogen) atoms. The quantitative estimate of drug-likeness (QED) is 0.864. The summed E-state index contributed by atoms with van der Waals surface area (Å²) in [7, 11) is 1.99. The number of hydrogen-bond donors (Lipinski definition) is 1. The molecule has 116 valence electrons. The Hall–Kier alpha value is -1.40. The van der Waals surface area contributed by atoms with Crippen LogP contribution < -0.4 is 0 Å². The van der Waals surface area contributed by atoms with Crippen LogP contribution in [0.2, 0.25) is 0 Å². The molecule has 1 aliphatic carbocycles. The van der Waals surface area contributed by atoms with Crippen molar-refractivity contribution in [3.05, 3.63) is 18.5 Å². The molecule has 1 aliphatic heterocycles. The molecule has 1 atom stereocenters. The number of carbonyl (C=O) groups is 1. The monoisotopic (exact) mass is 292 g/mol. The van der Waals surface area contributed by atoms with Crippen molar-refractivity contribution < 1.29 is 9.90 Å². The molecule has 1 aromatic heterocycles. The van der Waals surface area contributed by atoms with Crippen molar-refractivity contribution in [2.45, 2.75) is 31.4 Å². The average molecular weight is 292 g/mol. The van der Waals surface area contributed by atoms with E-state index in [2.05, 4.69) is 10.00 Å². The Kier molecular flexibility index (Phi) is 3.99. The number of β-amino-alcohol motifs (C(OH)–C–C–N with tert-alkyl or cyclic N) is 1. The molecule has 2 heterocycles. The van der Waals surface area contributed by atoms with Gasteiger partial charge in [0, 0.05) is 37.9 Å². The van der Waals surface area contributed by atoms with Crippen LogP contribution in [0.25, 0.3) is 0 Å². The molecule has 0 aromatic carbocycles. The zero-order valence-electron chi connectivity index (χ0n) is 12.6. The van der Waals surface area contributed by atoms with Gasteiger partial charge in [0.1, 0.15) is 5.60 Å². The molecule has 0 radical (unpaired) electrons. The van der Waals surface area contributed by atoms with Crippen LogP contribution in [0.15, 0.2) is 18.5 Å². The van der Waals surface area contributed by atoms with Gasteiger partial charge in [-0.05, 0) is 26.0 Å². The fourth-order valence-corrected chi connectivity index (χ4v) is 3.25. The number of nitrogens with zero attached hydrogens (tertiary/aromatic N) is 4. The Morgan fingerprint density at radius 1 is 1.38 bits per heavy atom. The highest BCUT2D eigenvalue weighted by molar-refractivity contribution is 5.79. The van der Waals surface area contributed by atoms with Crippen molar-refractivity contribution in [3.8, 4) is 0 Å². The maximum atomic E-state index is 12.5. The lowest BCUT2D eigenvalue weighted by atomic mass is 9.84. The molecule has 3 rings (SSSR count). The van der Waals surface area contributed by atoms with Gasteiger partial charge in [-0.3, -0.25) is 9.48 Å². The molecule has 0 spiro atoms. The lowest BCUT2D eigenvalue weighted by molar-refractivity contribution is -0.141. The van der Waals surface area contributed by atoms with Crippen molar-refractivity contribution in [1.29, 1.82) is 0 Å². The summed E-state index contributed by atoms with van der Waals surface area (Å²) in [4.78, 5) is 16.5. The van der Waals surface area contributed by atoms with Crippen molar-refractivity contribution in [3.63, 3.8) is 0 Å². The second-order valence-electron chi connectivity index (χ2n) is 6.55. The predicted molar refractivity (Wildman–Crippen MR) is 78.6 cm³/mol. The molecule has 1 N–H and O–H groups in total. The van der Waals surface area contributed by atoms with Crippen molar-refractivity contribution in [1.82, 2.24) is 19.6 Å². The summed E-state index contributed by atoms with van der Waals surface area (Å²) in [5.74, 6) is 0.401. The molecule has 2 aliphatic rings. The molecule has 1 saturated carbocycles. The molecular weight excluding hydrogens is 268 g/mol. The Labute approximate surface area is 125 Å². The molecule has 6 heteroatoms. The summed E-state index contributed by atoms with van der Waals surface area (Å²) in [6, 6.07) is 1.85. The Morgan fingerprint density at radius 3 is 2.81 bits per heavy atom. The number of carbonyl (C=O) groups excluding carboxylic acids is 1. The minimum absolute atomic E-state index is 0.183. The van der Waals surface area contributed by atoms with Crippen LogP contribution in [0.1, 0.15) is 19.3 Å². The molecule has 1 saturated heterocycles. The van der Waals surface area contributed by atoms with E-state index >= 15 is 0 Å². The van der Waals surface area contributed by atoms with E-state index in [-0.39, 0.29) is 11.8 Å². The van der Waals surface area contributed by atoms with Crippen LogP contribution >= 0.6 is 0 Å². The minimum atomic E-state index is -0.948. The van der Waals surface area contributed by atoms with Crippen LogP contribution in [0, 0.1) is 5.92 Å². The van der Waals surface area contributed by atoms with Crippen LogP contribution in [0.5, 0.6) is 0 Å². The maximum Gasteiger partial charge on any atom is 0.225 e. The highest BCUT2D eigenvalue weighted by Crippen LogP contribution is 2.29. The largest absolute Gasteiger partial charge is 0.385 e. The van der Waals surface area contributed by atoms with E-state index in [4.69, 9.17) is 0 Å². The van der Waals surface area contributed by atoms with E-state index in [9.17, 15) is 9.90 Å². The molecule has 1 amide bonds. The van der Waals surface area contributed by atoms with Gasteiger partial charge in [-0.2, -0.15) is 5.10 Å². The highest BCUT2D eigenvalue weighted by atomic mass is 16.3. The minimum Gasteiger partial charge on any atom is -0.385 e. The fraction of sp³-hybridized carbons (Fsp3) is 0.733. The molecule has 0 bridgehead atoms. The number of aromatic nitrogens is 2. The fourth-order valence-electron chi connectivity index (χ4n) is 3.25. The van der Waals surface area contributed by atoms with Crippen molar-refractivity contribution in [2.75, 3.05) is 33.2 Å². The van der Waals surface area contributed by atoms with Crippen LogP contribution in [0.3, 0.4) is 0 Å². The Morgan fingerprint density at radius 2 is 2.19 bits per heavy atom. The third-order valence-corrected chi connectivity index (χ3v) is 4.58. The van der Waals surface area contributed by atoms with E-state index < -0.39 is 5.60 Å². The first-order chi connectivity index (χ1) is 10.1. The summed E-state index contributed by atoms with van der Waals surface area (Å²) in [6.07, 6.45) is 6.72. The molecule has 0 unspecified atom stereocenters. The Bertz CT molecular complexity index is 486. The predicted octanol–water partition coefficient (Wildman–Crippen LogP) is 0.188. The van der Waals surface area contributed by atoms with Crippen molar-refractivity contribution in [2.24, 2.45) is 5.92 Å². The smallest absolute Gasteiger partial charge is 0.225 e. The van der Waals surface area contributed by atoms with E-state index in [1.165, 1.54) is 0 Å². The third kappa shape index (κ3) is 3.27. The second-order valence-corrected chi connectivity index (χ2v) is 6.55. The van der Waals surface area contributed by atoms with E-state index in [0.29, 0.717) is 26.2 Å². The van der Waals surface area contributed by atoms with E-state index in [0.717, 1.165) is 25.8 Å². The summed E-state index contributed by atoms with van der Waals surface area (Å²) >= 11 is 0. The van der Waals surface area contributed by atoms with Gasteiger partial charge < -0.3 is 14.9 Å². The zero-order chi connectivity index (χ0) is 14.9. The summed E-state index contributed by atoms with van der Waals surface area (Å²) in [5, 5.41) is 15.2. The van der Waals surface area contributed by atoms with Crippen LogP contribution in [-0.2, 0) is 11.3 Å². The van der Waals surface area contributed by atoms with Gasteiger partial charge in [0.15, 0.2) is 0 Å². The first kappa shape index (κ1) is 14.5. The third-order valence-electron chi connectivity index (χ3n) is 4.58. The number of likely N-dealkylation sites (N-methyl/N-ethyl adjacent to an activating group) is 1. The number of aliphatic hydroxyl groups is 1. The summed E-state index contributed by atoms with van der Waals surface area (Å²) < 4.78 is 1.74. The SMILES string of the molecule is CN1CCN(C(=O)C2CCC2)C[C@@](O)(Cn2cccn2)C1. The van der Waals surface area contributed by atoms with Gasteiger partial charge in [-0.25, -0.2) is 0 Å². The maximum absolute atomic E-state index is 12.5. The molecule has 1 aromatic rings. The van der Waals surface area contributed by atoms with Gasteiger partial charge in [-0.15, -0.1) is 0 Å². The average Bonchev–Trinajstić information content (AvgIpc) is 2.78. The topological polar surface area (TPSA) is 61.6 Å². The lowest BCUT2D eigenvalue weighted by Crippen LogP contribution is -2.52. The second kappa shape index (κ2) is 5.77. The highest BCUT2D eigenvalue weighted by Gasteiger charge is 2.38. The summed E-state index contributed by atoms with van der Waals surface area (Å²) in [6.45, 7) is 2.87. The first-order valence-electron chi connectivity index (χ1n) is 7.73. The molecular formula is C15H24N4O2. The normalized spacial score (nSPS) is 28.2. The van der Waals surface area contributed by atoms with E-state index in [1.807, 2.05) is 24.2 Å². The number of amides is 1. The lowest BCUT2D eigenvalue weighted by Gasteiger charge is -2.35. The standard InChI is InChI=1S/C15H24N4O2/c1-17-8-9-18(14(20)13-4-2-5-13)11-15(21,10-17)12-19-7-3-6-16-19/h3,6-7,13,21H,2,4-5,8-12H2,1H3/t15-/m1/s1. The number of rotatable bonds is 3. The van der Waals surface area contributed by atoms with Gasteiger partial charge in [0.2, 0.25) is 5.91 Å². The van der Waals surface area contributed by atoms with Gasteiger partial charge >= 0.3 is 0 Å². The molecule has 2 fully saturated rings. The van der Waals surface area contributed by atoms with Crippen LogP contribution in [-0.4, -0.2) is 69.4 Å². The van der Waals surface area contributed by atoms with Gasteiger partial charge in [0.25, 0.3) is 0 Å². The first-order valence-corrected chi connectivity index (χ1v) is 7.73. The zero-order valence-corrected chi connectivity index (χ0v) is 12.6. The molecule has 6 nitrogen and oxygen atoms in total. The van der Waals surface area contributed by atoms with Gasteiger partial charge in [0.05, 0.1) is 13.1 Å². The van der Waals surface area contributed by atoms with Crippen molar-refractivity contribution >= 4 is 5.91 Å². The van der Waals surface area contributed by atoms with Crippen LogP contribution in [0.4, 0.5) is 0 Å². The summed E-state index contributed by atoms with van der Waals surface area (Å²) in [5.41, 5.74) is -0.948.